The molecular formula is C49H75N10O25P. The van der Waals surface area contributed by atoms with Gasteiger partial charge in [-0.25, -0.2) is 9.36 Å². The van der Waals surface area contributed by atoms with E-state index in [2.05, 4.69) is 47.1 Å². The van der Waals surface area contributed by atoms with E-state index in [1.165, 1.54) is 12.1 Å². The van der Waals surface area contributed by atoms with E-state index in [1.807, 2.05) is 5.32 Å². The highest BCUT2D eigenvalue weighted by Gasteiger charge is 2.38. The maximum atomic E-state index is 14.1. The Labute approximate surface area is 484 Å². The highest BCUT2D eigenvalue weighted by Crippen LogP contribution is 2.37. The van der Waals surface area contributed by atoms with Crippen molar-refractivity contribution >= 4 is 90.8 Å². The topological polar surface area (TPSA) is 582 Å². The zero-order valence-corrected chi connectivity index (χ0v) is 48.0. The van der Waals surface area contributed by atoms with Gasteiger partial charge in [0.2, 0.25) is 53.2 Å². The summed E-state index contributed by atoms with van der Waals surface area (Å²) in [5, 5.41) is 87.6. The molecule has 1 aromatic carbocycles. The van der Waals surface area contributed by atoms with Gasteiger partial charge in [0.15, 0.2) is 0 Å². The van der Waals surface area contributed by atoms with E-state index in [1.54, 1.807) is 27.7 Å². The Morgan fingerprint density at radius 2 is 0.812 bits per heavy atom. The van der Waals surface area contributed by atoms with Crippen molar-refractivity contribution in [2.24, 2.45) is 17.6 Å². The molecule has 0 unspecified atom stereocenters. The van der Waals surface area contributed by atoms with E-state index in [0.29, 0.717) is 0 Å². The predicted octanol–water partition coefficient (Wildman–Crippen LogP) is -5.36. The van der Waals surface area contributed by atoms with Crippen LogP contribution in [-0.4, -0.2) is 201 Å². The SMILES string of the molecule is CC(C)C[C@H](NC(=O)[C@H](CC(=O)O)NC(=O)[C@H](C)NC(=O)[C@H](Cc1ccc(OP(=O)(O)O)cc1)NC(=O)[C@@H](NC(=O)[C@H](CC(C)C)NC(=O)[C@@H](NC(=O)[C@H](CC(=O)O)NC(=O)[C@@H](N)CCC(=O)O)[C@@H](C)O)[C@@H](C)O)C(=O)N[C@@H](CC(=O)O)C(=O)O. The van der Waals surface area contributed by atoms with E-state index in [-0.39, 0.29) is 24.2 Å². The molecule has 0 aromatic heterocycles. The molecule has 9 amide bonds. The standard InChI is InChI=1S/C49H75N10O25P/c1-20(2)14-28(43(73)57-33(49(79)80)19-37(68)69)54-44(74)31(17-35(64)65)52-40(70)22(5)51-42(72)30(16-25-8-10-26(11-9-25)84-85(81,82)83)56-48(78)39(24(7)61)58-45(75)29(15-21(3)4)55-47(77)38(23(6)60)59-46(76)32(18-36(66)67)53-41(71)27(50)12-13-34(62)63/h8-11,20-24,27-33,38-39,60-61H,12-19,50H2,1-7H3,(H,51,72)(H,52,70)(H,53,71)(H,54,74)(H,55,77)(H,56,78)(H,57,73)(H,58,75)(H,59,76)(H,62,63)(H,64,65)(H,66,67)(H,68,69)(H,79,80)(H2,81,82,83)/t22-,23+,24+,27-,28-,29-,30-,31-,32-,33-,38-,39-/m0/s1. The minimum atomic E-state index is -5.06. The average Bonchev–Trinajstić information content (AvgIpc) is 3.48. The van der Waals surface area contributed by atoms with Crippen molar-refractivity contribution in [2.45, 2.75) is 172 Å². The molecule has 0 bridgehead atoms. The van der Waals surface area contributed by atoms with Gasteiger partial charge in [-0.2, -0.15) is 0 Å². The van der Waals surface area contributed by atoms with E-state index in [9.17, 15) is 107 Å². The van der Waals surface area contributed by atoms with E-state index < -0.39 is 214 Å². The molecule has 0 radical (unpaired) electrons. The van der Waals surface area contributed by atoms with Crippen LogP contribution in [0.25, 0.3) is 0 Å². The number of nitrogens with two attached hydrogens (primary N) is 1. The summed E-state index contributed by atoms with van der Waals surface area (Å²) >= 11 is 0. The van der Waals surface area contributed by atoms with Crippen LogP contribution in [0.3, 0.4) is 0 Å². The molecule has 0 saturated carbocycles. The number of phosphoric acid groups is 1. The van der Waals surface area contributed by atoms with Crippen LogP contribution in [0.15, 0.2) is 24.3 Å². The summed E-state index contributed by atoms with van der Waals surface area (Å²) in [4.78, 5) is 198. The molecule has 0 spiro atoms. The molecule has 0 heterocycles. The van der Waals surface area contributed by atoms with Crippen molar-refractivity contribution in [3.05, 3.63) is 29.8 Å². The molecule has 36 heteroatoms. The first-order valence-electron chi connectivity index (χ1n) is 26.0. The number of nitrogens with one attached hydrogen (secondary N) is 9. The summed E-state index contributed by atoms with van der Waals surface area (Å²) in [5.74, 6) is -20.3. The Morgan fingerprint density at radius 1 is 0.459 bits per heavy atom. The number of aliphatic hydroxyl groups excluding tert-OH is 2. The first-order chi connectivity index (χ1) is 39.2. The van der Waals surface area contributed by atoms with Crippen LogP contribution in [0.4, 0.5) is 0 Å². The lowest BCUT2D eigenvalue weighted by Crippen LogP contribution is -2.63. The number of amides is 9. The monoisotopic (exact) mass is 1230 g/mol. The lowest BCUT2D eigenvalue weighted by atomic mass is 10.0. The molecule has 0 aliphatic carbocycles. The number of benzene rings is 1. The summed E-state index contributed by atoms with van der Waals surface area (Å²) < 4.78 is 16.0. The zero-order chi connectivity index (χ0) is 65.4. The van der Waals surface area contributed by atoms with Crippen molar-refractivity contribution in [1.29, 1.82) is 0 Å². The van der Waals surface area contributed by atoms with Crippen LogP contribution in [-0.2, 0) is 78.1 Å². The van der Waals surface area contributed by atoms with Crippen LogP contribution in [0.1, 0.15) is 99.0 Å². The van der Waals surface area contributed by atoms with E-state index >= 15 is 0 Å². The Balaban J connectivity index is 3.60. The summed E-state index contributed by atoms with van der Waals surface area (Å²) in [6.45, 7) is 9.46. The molecule has 476 valence electrons. The van der Waals surface area contributed by atoms with E-state index in [4.69, 9.17) is 15.9 Å². The Hall–Kier alpha value is -8.37. The van der Waals surface area contributed by atoms with E-state index in [0.717, 1.165) is 32.9 Å². The van der Waals surface area contributed by atoms with Crippen molar-refractivity contribution in [3.63, 3.8) is 0 Å². The van der Waals surface area contributed by atoms with Gasteiger partial charge in [-0.1, -0.05) is 39.8 Å². The maximum Gasteiger partial charge on any atom is 0.524 e. The van der Waals surface area contributed by atoms with Crippen molar-refractivity contribution in [3.8, 4) is 5.75 Å². The van der Waals surface area contributed by atoms with Gasteiger partial charge in [0.05, 0.1) is 37.5 Å². The summed E-state index contributed by atoms with van der Waals surface area (Å²) in [6.07, 6.45) is -8.86. The molecule has 85 heavy (non-hydrogen) atoms. The summed E-state index contributed by atoms with van der Waals surface area (Å²) in [5.41, 5.74) is 5.81. The number of hydrogen-bond donors (Lipinski definition) is 19. The third-order valence-corrected chi connectivity index (χ3v) is 12.2. The van der Waals surface area contributed by atoms with Gasteiger partial charge in [-0.3, -0.25) is 72.1 Å². The van der Waals surface area contributed by atoms with Crippen molar-refractivity contribution in [2.75, 3.05) is 0 Å². The van der Waals surface area contributed by atoms with Crippen LogP contribution < -0.4 is 58.1 Å². The predicted molar refractivity (Wildman–Crippen MR) is 287 cm³/mol. The molecule has 0 fully saturated rings. The minimum Gasteiger partial charge on any atom is -0.481 e. The number of phosphoric ester groups is 1. The van der Waals surface area contributed by atoms with Crippen LogP contribution >= 0.6 is 7.82 Å². The molecule has 1 rings (SSSR count). The zero-order valence-electron chi connectivity index (χ0n) is 47.1. The van der Waals surface area contributed by atoms with Gasteiger partial charge in [0, 0.05) is 12.8 Å². The molecule has 0 aliphatic heterocycles. The Kier molecular flexibility index (Phi) is 30.8. The van der Waals surface area contributed by atoms with Crippen LogP contribution in [0, 0.1) is 11.8 Å². The van der Waals surface area contributed by atoms with Gasteiger partial charge in [-0.05, 0) is 69.6 Å². The molecule has 0 aliphatic rings. The first kappa shape index (κ1) is 74.6. The fourth-order valence-electron chi connectivity index (χ4n) is 7.57. The Bertz CT molecular complexity index is 2630. The summed E-state index contributed by atoms with van der Waals surface area (Å²) in [6, 6.07) is -13.7. The average molecular weight is 1240 g/mol. The first-order valence-corrected chi connectivity index (χ1v) is 27.5. The highest BCUT2D eigenvalue weighted by molar-refractivity contribution is 7.46. The normalized spacial score (nSPS) is 15.6. The number of aliphatic carboxylic acids is 5. The fourth-order valence-corrected chi connectivity index (χ4v) is 7.96. The van der Waals surface area contributed by atoms with Crippen molar-refractivity contribution < 1.29 is 122 Å². The number of hydrogen-bond acceptors (Lipinski definition) is 19. The maximum absolute atomic E-state index is 14.1. The number of rotatable bonds is 38. The lowest BCUT2D eigenvalue weighted by molar-refractivity contribution is -0.147. The third kappa shape index (κ3) is 28.6. The summed E-state index contributed by atoms with van der Waals surface area (Å²) in [7, 11) is -5.06. The highest BCUT2D eigenvalue weighted by atomic mass is 31.2. The fraction of sp³-hybridized carbons (Fsp3) is 0.592. The quantitative estimate of drug-likeness (QED) is 0.0275. The number of carboxylic acid groups (broad SMARTS) is 5. The molecule has 1 aromatic rings. The molecule has 12 atom stereocenters. The lowest BCUT2D eigenvalue weighted by Gasteiger charge is -2.29. The molecular weight excluding hydrogens is 1160 g/mol. The smallest absolute Gasteiger partial charge is 0.481 e. The molecule has 35 nitrogen and oxygen atoms in total. The second-order valence-corrected chi connectivity index (χ2v) is 21.6. The van der Waals surface area contributed by atoms with Crippen molar-refractivity contribution in [1.82, 2.24) is 47.9 Å². The molecule has 0 saturated heterocycles. The second kappa shape index (κ2) is 35.0. The van der Waals surface area contributed by atoms with Gasteiger partial charge in [-0.15, -0.1) is 0 Å². The van der Waals surface area contributed by atoms with Gasteiger partial charge in [0.1, 0.15) is 60.1 Å². The van der Waals surface area contributed by atoms with Crippen LogP contribution in [0.5, 0.6) is 5.75 Å². The minimum absolute atomic E-state index is 0.125. The number of carbonyl (C=O) groups is 14. The second-order valence-electron chi connectivity index (χ2n) is 20.4. The number of carbonyl (C=O) groups excluding carboxylic acids is 9. The largest absolute Gasteiger partial charge is 0.524 e. The molecule has 20 N–H and O–H groups in total. The number of aliphatic hydroxyl groups is 2. The number of carboxylic acids is 5. The Morgan fingerprint density at radius 3 is 1.21 bits per heavy atom. The van der Waals surface area contributed by atoms with Gasteiger partial charge < -0.3 is 93.9 Å². The third-order valence-electron chi connectivity index (χ3n) is 11.8. The van der Waals surface area contributed by atoms with Crippen LogP contribution in [0.2, 0.25) is 0 Å². The van der Waals surface area contributed by atoms with Gasteiger partial charge in [0.25, 0.3) is 0 Å². The van der Waals surface area contributed by atoms with Gasteiger partial charge >= 0.3 is 37.7 Å².